The summed E-state index contributed by atoms with van der Waals surface area (Å²) in [6, 6.07) is 0. The Hall–Kier alpha value is 0. The molecule has 0 nitrogen and oxygen atoms in total. The summed E-state index contributed by atoms with van der Waals surface area (Å²) < 4.78 is 0. The highest BCUT2D eigenvalue weighted by molar-refractivity contribution is 4.62. The van der Waals surface area contributed by atoms with Crippen LogP contribution in [0.25, 0.3) is 0 Å². The van der Waals surface area contributed by atoms with E-state index in [4.69, 9.17) is 0 Å². The second-order valence-corrected chi connectivity index (χ2v) is 7.75. The van der Waals surface area contributed by atoms with E-state index in [-0.39, 0.29) is 0 Å². The molecule has 0 aromatic heterocycles. The zero-order chi connectivity index (χ0) is 17.0. The van der Waals surface area contributed by atoms with Crippen LogP contribution in [0.5, 0.6) is 0 Å². The molecule has 0 bridgehead atoms. The van der Waals surface area contributed by atoms with Crippen LogP contribution in [-0.2, 0) is 0 Å². The molecule has 0 amide bonds. The first-order valence-electron chi connectivity index (χ1n) is 11.1. The van der Waals surface area contributed by atoms with E-state index < -0.39 is 0 Å². The van der Waals surface area contributed by atoms with Crippen LogP contribution >= 0.6 is 0 Å². The monoisotopic (exact) mass is 323 g/mol. The molecule has 0 rings (SSSR count). The van der Waals surface area contributed by atoms with Crippen LogP contribution in [0.15, 0.2) is 0 Å². The highest BCUT2D eigenvalue weighted by atomic mass is 14.1. The molecule has 0 fully saturated rings. The minimum atomic E-state index is 0.722. The maximum atomic E-state index is 4.35. The van der Waals surface area contributed by atoms with Crippen molar-refractivity contribution < 1.29 is 0 Å². The molecule has 1 unspecified atom stereocenters. The van der Waals surface area contributed by atoms with Gasteiger partial charge >= 0.3 is 0 Å². The van der Waals surface area contributed by atoms with Crippen molar-refractivity contribution in [1.29, 1.82) is 0 Å². The molecule has 0 aliphatic carbocycles. The van der Waals surface area contributed by atoms with Gasteiger partial charge in [0.2, 0.25) is 0 Å². The molecule has 139 valence electrons. The number of unbranched alkanes of at least 4 members (excludes halogenated alkanes) is 15. The van der Waals surface area contributed by atoms with E-state index in [1.54, 1.807) is 0 Å². The number of rotatable bonds is 19. The summed E-state index contributed by atoms with van der Waals surface area (Å²) in [7, 11) is 0. The Morgan fingerprint density at radius 1 is 0.435 bits per heavy atom. The Balaban J connectivity index is 3.10. The zero-order valence-corrected chi connectivity index (χ0v) is 16.7. The molecule has 0 spiro atoms. The van der Waals surface area contributed by atoms with Gasteiger partial charge in [0.1, 0.15) is 0 Å². The standard InChI is InChI=1S/C23H47/c1-4-6-8-10-12-13-14-15-16-18-20-22-23(3)21-19-17-11-9-7-5-2/h23H,3-22H2,1-2H3. The first kappa shape index (κ1) is 23.0. The van der Waals surface area contributed by atoms with E-state index in [0.717, 1.165) is 5.92 Å². The topological polar surface area (TPSA) is 0 Å². The molecule has 0 aliphatic rings. The van der Waals surface area contributed by atoms with Crippen LogP contribution in [0.2, 0.25) is 0 Å². The van der Waals surface area contributed by atoms with Gasteiger partial charge in [-0.25, -0.2) is 0 Å². The Labute approximate surface area is 149 Å². The van der Waals surface area contributed by atoms with Crippen molar-refractivity contribution in [3.63, 3.8) is 0 Å². The van der Waals surface area contributed by atoms with Crippen molar-refractivity contribution in [2.45, 2.75) is 136 Å². The predicted molar refractivity (Wildman–Crippen MR) is 108 cm³/mol. The fourth-order valence-electron chi connectivity index (χ4n) is 3.45. The fourth-order valence-corrected chi connectivity index (χ4v) is 3.45. The van der Waals surface area contributed by atoms with Crippen molar-refractivity contribution in [1.82, 2.24) is 0 Å². The Morgan fingerprint density at radius 2 is 0.696 bits per heavy atom. The van der Waals surface area contributed by atoms with Gasteiger partial charge in [-0.3, -0.25) is 0 Å². The molecule has 0 saturated carbocycles. The molecule has 0 aromatic rings. The van der Waals surface area contributed by atoms with E-state index in [9.17, 15) is 0 Å². The van der Waals surface area contributed by atoms with Gasteiger partial charge < -0.3 is 0 Å². The van der Waals surface area contributed by atoms with Gasteiger partial charge in [-0.15, -0.1) is 0 Å². The second-order valence-electron chi connectivity index (χ2n) is 7.75. The molecule has 1 atom stereocenters. The maximum absolute atomic E-state index is 4.35. The normalized spacial score (nSPS) is 12.7. The van der Waals surface area contributed by atoms with Crippen molar-refractivity contribution in [3.05, 3.63) is 6.92 Å². The van der Waals surface area contributed by atoms with Crippen molar-refractivity contribution in [3.8, 4) is 0 Å². The highest BCUT2D eigenvalue weighted by Gasteiger charge is 2.02. The summed E-state index contributed by atoms with van der Waals surface area (Å²) in [5.74, 6) is 0.722. The van der Waals surface area contributed by atoms with E-state index in [1.807, 2.05) is 0 Å². The number of hydrogen-bond donors (Lipinski definition) is 0. The lowest BCUT2D eigenvalue weighted by Gasteiger charge is -2.11. The third kappa shape index (κ3) is 20.0. The van der Waals surface area contributed by atoms with Crippen LogP contribution in [0.3, 0.4) is 0 Å². The van der Waals surface area contributed by atoms with Gasteiger partial charge in [-0.1, -0.05) is 143 Å². The quantitative estimate of drug-likeness (QED) is 0.208. The van der Waals surface area contributed by atoms with Crippen LogP contribution in [-0.4, -0.2) is 0 Å². The molecule has 0 N–H and O–H groups in total. The van der Waals surface area contributed by atoms with Gasteiger partial charge in [0.05, 0.1) is 0 Å². The van der Waals surface area contributed by atoms with Crippen LogP contribution < -0.4 is 0 Å². The Kier molecular flexibility index (Phi) is 20.0. The van der Waals surface area contributed by atoms with Crippen LogP contribution in [0.1, 0.15) is 136 Å². The largest absolute Gasteiger partial charge is 0.0654 e. The van der Waals surface area contributed by atoms with E-state index in [1.165, 1.54) is 122 Å². The predicted octanol–water partition coefficient (Wildman–Crippen LogP) is 8.89. The second kappa shape index (κ2) is 20.0. The average Bonchev–Trinajstić information content (AvgIpc) is 2.56. The lowest BCUT2D eigenvalue weighted by molar-refractivity contribution is 0.461. The summed E-state index contributed by atoms with van der Waals surface area (Å²) in [6.45, 7) is 8.94. The fraction of sp³-hybridized carbons (Fsp3) is 0.957. The molecular weight excluding hydrogens is 276 g/mol. The minimum absolute atomic E-state index is 0.722. The molecule has 23 heavy (non-hydrogen) atoms. The van der Waals surface area contributed by atoms with Crippen LogP contribution in [0.4, 0.5) is 0 Å². The molecule has 0 saturated heterocycles. The summed E-state index contributed by atoms with van der Waals surface area (Å²) in [5.41, 5.74) is 0. The summed E-state index contributed by atoms with van der Waals surface area (Å²) in [5, 5.41) is 0. The first-order chi connectivity index (χ1) is 11.3. The SMILES string of the molecule is [CH2]C(CCCCCCCC)CCCCCCCCCCCCC. The van der Waals surface area contributed by atoms with Gasteiger partial charge in [0.25, 0.3) is 0 Å². The smallest absolute Gasteiger partial charge is 0.0414 e. The summed E-state index contributed by atoms with van der Waals surface area (Å²) in [6.07, 6.45) is 27.2. The van der Waals surface area contributed by atoms with E-state index in [2.05, 4.69) is 20.8 Å². The average molecular weight is 324 g/mol. The molecule has 0 aromatic carbocycles. The lowest BCUT2D eigenvalue weighted by Crippen LogP contribution is -1.95. The summed E-state index contributed by atoms with van der Waals surface area (Å²) >= 11 is 0. The zero-order valence-electron chi connectivity index (χ0n) is 16.7. The maximum Gasteiger partial charge on any atom is -0.0414 e. The molecule has 0 aliphatic heterocycles. The van der Waals surface area contributed by atoms with Gasteiger partial charge in [0.15, 0.2) is 0 Å². The minimum Gasteiger partial charge on any atom is -0.0654 e. The number of hydrogen-bond acceptors (Lipinski definition) is 0. The third-order valence-corrected chi connectivity index (χ3v) is 5.18. The molecule has 1 radical (unpaired) electrons. The van der Waals surface area contributed by atoms with Crippen molar-refractivity contribution in [2.24, 2.45) is 5.92 Å². The van der Waals surface area contributed by atoms with E-state index >= 15 is 0 Å². The van der Waals surface area contributed by atoms with Crippen molar-refractivity contribution >= 4 is 0 Å². The van der Waals surface area contributed by atoms with Gasteiger partial charge in [-0.05, 0) is 5.92 Å². The Morgan fingerprint density at radius 3 is 1.00 bits per heavy atom. The highest BCUT2D eigenvalue weighted by Crippen LogP contribution is 2.18. The Bertz CT molecular complexity index is 196. The molecule has 0 heteroatoms. The third-order valence-electron chi connectivity index (χ3n) is 5.18. The molecule has 0 heterocycles. The first-order valence-corrected chi connectivity index (χ1v) is 11.1. The molecular formula is C23H47. The van der Waals surface area contributed by atoms with Crippen LogP contribution in [0, 0.1) is 12.8 Å². The summed E-state index contributed by atoms with van der Waals surface area (Å²) in [4.78, 5) is 0. The van der Waals surface area contributed by atoms with Gasteiger partial charge in [-0.2, -0.15) is 0 Å². The van der Waals surface area contributed by atoms with Crippen molar-refractivity contribution in [2.75, 3.05) is 0 Å². The lowest BCUT2D eigenvalue weighted by atomic mass is 9.96. The van der Waals surface area contributed by atoms with E-state index in [0.29, 0.717) is 0 Å². The van der Waals surface area contributed by atoms with Gasteiger partial charge in [0, 0.05) is 0 Å².